The lowest BCUT2D eigenvalue weighted by Gasteiger charge is -2.46. The normalized spacial score (nSPS) is 34.4. The van der Waals surface area contributed by atoms with Crippen LogP contribution in [0.2, 0.25) is 0 Å². The first-order valence-corrected chi connectivity index (χ1v) is 7.37. The van der Waals surface area contributed by atoms with Crippen molar-refractivity contribution in [2.24, 2.45) is 11.3 Å². The number of aliphatic hydroxyl groups excluding tert-OH is 1. The van der Waals surface area contributed by atoms with Crippen LogP contribution in [0.1, 0.15) is 58.8 Å². The van der Waals surface area contributed by atoms with Crippen molar-refractivity contribution in [3.63, 3.8) is 0 Å². The maximum Gasteiger partial charge on any atom is 0.0555 e. The lowest BCUT2D eigenvalue weighted by Crippen LogP contribution is -2.49. The van der Waals surface area contributed by atoms with Crippen LogP contribution in [-0.2, 0) is 0 Å². The van der Waals surface area contributed by atoms with Crippen LogP contribution < -0.4 is 0 Å². The molecule has 0 heterocycles. The van der Waals surface area contributed by atoms with Crippen LogP contribution in [-0.4, -0.2) is 35.7 Å². The second-order valence-corrected chi connectivity index (χ2v) is 7.02. The van der Waals surface area contributed by atoms with Crippen molar-refractivity contribution in [3.05, 3.63) is 0 Å². The van der Waals surface area contributed by atoms with Gasteiger partial charge in [-0.25, -0.2) is 0 Å². The van der Waals surface area contributed by atoms with Crippen LogP contribution in [0.15, 0.2) is 0 Å². The zero-order valence-corrected chi connectivity index (χ0v) is 11.8. The Morgan fingerprint density at radius 1 is 1.18 bits per heavy atom. The second-order valence-electron chi connectivity index (χ2n) is 7.02. The van der Waals surface area contributed by atoms with Crippen molar-refractivity contribution in [2.45, 2.75) is 70.9 Å². The largest absolute Gasteiger partial charge is 0.393 e. The fourth-order valence-electron chi connectivity index (χ4n) is 3.90. The average molecular weight is 239 g/mol. The topological polar surface area (TPSA) is 23.5 Å². The van der Waals surface area contributed by atoms with Gasteiger partial charge in [-0.15, -0.1) is 0 Å². The Morgan fingerprint density at radius 3 is 2.47 bits per heavy atom. The van der Waals surface area contributed by atoms with Crippen molar-refractivity contribution in [2.75, 3.05) is 13.6 Å². The molecular formula is C15H29NO. The number of hydrogen-bond donors (Lipinski definition) is 1. The Kier molecular flexibility index (Phi) is 4.14. The monoisotopic (exact) mass is 239 g/mol. The first kappa shape index (κ1) is 13.4. The fourth-order valence-corrected chi connectivity index (χ4v) is 3.90. The zero-order chi connectivity index (χ0) is 12.5. The molecule has 100 valence electrons. The summed E-state index contributed by atoms with van der Waals surface area (Å²) < 4.78 is 0. The quantitative estimate of drug-likeness (QED) is 0.818. The SMILES string of the molecule is CN(CC1CCCC1)C1CC(O)CCC1(C)C. The summed E-state index contributed by atoms with van der Waals surface area (Å²) >= 11 is 0. The van der Waals surface area contributed by atoms with E-state index in [2.05, 4.69) is 25.8 Å². The van der Waals surface area contributed by atoms with Crippen molar-refractivity contribution in [1.82, 2.24) is 4.90 Å². The van der Waals surface area contributed by atoms with Gasteiger partial charge in [0, 0.05) is 12.6 Å². The summed E-state index contributed by atoms with van der Waals surface area (Å²) in [7, 11) is 2.27. The highest BCUT2D eigenvalue weighted by molar-refractivity contribution is 4.92. The minimum absolute atomic E-state index is 0.0703. The van der Waals surface area contributed by atoms with Crippen molar-refractivity contribution >= 4 is 0 Å². The van der Waals surface area contributed by atoms with Gasteiger partial charge in [0.05, 0.1) is 6.10 Å². The molecule has 17 heavy (non-hydrogen) atoms. The van der Waals surface area contributed by atoms with E-state index in [0.29, 0.717) is 11.5 Å². The third-order valence-electron chi connectivity index (χ3n) is 5.07. The second kappa shape index (κ2) is 5.27. The Balaban J connectivity index is 1.93. The Bertz CT molecular complexity index is 245. The molecule has 0 spiro atoms. The molecule has 2 saturated carbocycles. The summed E-state index contributed by atoms with van der Waals surface area (Å²) in [5.41, 5.74) is 0.368. The predicted molar refractivity (Wildman–Crippen MR) is 72.0 cm³/mol. The minimum atomic E-state index is -0.0703. The molecule has 0 aromatic heterocycles. The van der Waals surface area contributed by atoms with Gasteiger partial charge >= 0.3 is 0 Å². The van der Waals surface area contributed by atoms with E-state index in [9.17, 15) is 5.11 Å². The number of nitrogens with zero attached hydrogens (tertiary/aromatic N) is 1. The predicted octanol–water partition coefficient (Wildman–Crippen LogP) is 3.05. The molecule has 2 unspecified atom stereocenters. The summed E-state index contributed by atoms with van der Waals surface area (Å²) in [5.74, 6) is 0.912. The Hall–Kier alpha value is -0.0800. The van der Waals surface area contributed by atoms with Crippen LogP contribution >= 0.6 is 0 Å². The average Bonchev–Trinajstić information content (AvgIpc) is 2.74. The first-order chi connectivity index (χ1) is 7.99. The van der Waals surface area contributed by atoms with Gasteiger partial charge < -0.3 is 10.0 Å². The molecule has 2 aliphatic carbocycles. The molecule has 2 rings (SSSR count). The van der Waals surface area contributed by atoms with Crippen LogP contribution in [0.4, 0.5) is 0 Å². The summed E-state index contributed by atoms with van der Waals surface area (Å²) in [6.45, 7) is 5.98. The van der Waals surface area contributed by atoms with Gasteiger partial charge in [-0.3, -0.25) is 0 Å². The molecule has 0 amide bonds. The van der Waals surface area contributed by atoms with Gasteiger partial charge in [-0.1, -0.05) is 26.7 Å². The molecule has 0 aliphatic heterocycles. The minimum Gasteiger partial charge on any atom is -0.393 e. The molecular weight excluding hydrogens is 210 g/mol. The van der Waals surface area contributed by atoms with Gasteiger partial charge in [-0.05, 0) is 50.5 Å². The van der Waals surface area contributed by atoms with Crippen LogP contribution in [0, 0.1) is 11.3 Å². The van der Waals surface area contributed by atoms with Gasteiger partial charge in [0.2, 0.25) is 0 Å². The molecule has 0 saturated heterocycles. The molecule has 0 bridgehead atoms. The molecule has 2 aliphatic rings. The van der Waals surface area contributed by atoms with E-state index in [1.807, 2.05) is 0 Å². The van der Waals surface area contributed by atoms with E-state index in [1.165, 1.54) is 32.2 Å². The highest BCUT2D eigenvalue weighted by Crippen LogP contribution is 2.39. The summed E-state index contributed by atoms with van der Waals surface area (Å²) in [6, 6.07) is 0.562. The maximum atomic E-state index is 9.89. The number of aliphatic hydroxyl groups is 1. The molecule has 0 aromatic rings. The van der Waals surface area contributed by atoms with Crippen molar-refractivity contribution < 1.29 is 5.11 Å². The zero-order valence-electron chi connectivity index (χ0n) is 11.8. The number of hydrogen-bond acceptors (Lipinski definition) is 2. The van der Waals surface area contributed by atoms with Crippen LogP contribution in [0.5, 0.6) is 0 Å². The maximum absolute atomic E-state index is 9.89. The fraction of sp³-hybridized carbons (Fsp3) is 1.00. The molecule has 0 aromatic carbocycles. The van der Waals surface area contributed by atoms with Gasteiger partial charge in [0.15, 0.2) is 0 Å². The van der Waals surface area contributed by atoms with E-state index in [4.69, 9.17) is 0 Å². The van der Waals surface area contributed by atoms with Crippen molar-refractivity contribution in [3.8, 4) is 0 Å². The first-order valence-electron chi connectivity index (χ1n) is 7.37. The Morgan fingerprint density at radius 2 is 1.82 bits per heavy atom. The molecule has 2 heteroatoms. The van der Waals surface area contributed by atoms with E-state index >= 15 is 0 Å². The van der Waals surface area contributed by atoms with Crippen LogP contribution in [0.25, 0.3) is 0 Å². The molecule has 2 atom stereocenters. The van der Waals surface area contributed by atoms with Gasteiger partial charge in [-0.2, -0.15) is 0 Å². The molecule has 1 N–H and O–H groups in total. The molecule has 0 radical (unpaired) electrons. The van der Waals surface area contributed by atoms with E-state index in [0.717, 1.165) is 25.2 Å². The lowest BCUT2D eigenvalue weighted by molar-refractivity contribution is -0.00595. The van der Waals surface area contributed by atoms with E-state index in [-0.39, 0.29) is 6.10 Å². The highest BCUT2D eigenvalue weighted by atomic mass is 16.3. The third-order valence-corrected chi connectivity index (χ3v) is 5.07. The standard InChI is InChI=1S/C15H29NO/c1-15(2)9-8-13(17)10-14(15)16(3)11-12-6-4-5-7-12/h12-14,17H,4-11H2,1-3H3. The summed E-state index contributed by atoms with van der Waals surface area (Å²) in [5, 5.41) is 9.89. The van der Waals surface area contributed by atoms with Crippen molar-refractivity contribution in [1.29, 1.82) is 0 Å². The van der Waals surface area contributed by atoms with E-state index in [1.54, 1.807) is 0 Å². The van der Waals surface area contributed by atoms with Crippen LogP contribution in [0.3, 0.4) is 0 Å². The van der Waals surface area contributed by atoms with E-state index < -0.39 is 0 Å². The highest BCUT2D eigenvalue weighted by Gasteiger charge is 2.38. The summed E-state index contributed by atoms with van der Waals surface area (Å²) in [4.78, 5) is 2.54. The lowest BCUT2D eigenvalue weighted by atomic mass is 9.71. The van der Waals surface area contributed by atoms with Gasteiger partial charge in [0.1, 0.15) is 0 Å². The summed E-state index contributed by atoms with van der Waals surface area (Å²) in [6.07, 6.45) is 8.73. The Labute approximate surface area is 106 Å². The molecule has 2 nitrogen and oxygen atoms in total. The smallest absolute Gasteiger partial charge is 0.0555 e. The third kappa shape index (κ3) is 3.23. The number of rotatable bonds is 3. The molecule has 2 fully saturated rings. The van der Waals surface area contributed by atoms with Gasteiger partial charge in [0.25, 0.3) is 0 Å².